The zero-order valence-electron chi connectivity index (χ0n) is 16.9. The van der Waals surface area contributed by atoms with Crippen molar-refractivity contribution in [2.24, 2.45) is 0 Å². The van der Waals surface area contributed by atoms with Crippen molar-refractivity contribution >= 4 is 16.9 Å². The highest BCUT2D eigenvalue weighted by Crippen LogP contribution is 2.34. The largest absolute Gasteiger partial charge is 0.478 e. The van der Waals surface area contributed by atoms with Crippen molar-refractivity contribution in [3.05, 3.63) is 96.2 Å². The molecular formula is C26H23NO3. The number of nitrogens with zero attached hydrogens (tertiary/aromatic N) is 1. The number of hydrogen-bond donors (Lipinski definition) is 1. The molecule has 4 nitrogen and oxygen atoms in total. The number of pyridine rings is 1. The number of aromatic nitrogens is 1. The summed E-state index contributed by atoms with van der Waals surface area (Å²) in [5.41, 5.74) is 4.69. The first kappa shape index (κ1) is 19.6. The summed E-state index contributed by atoms with van der Waals surface area (Å²) in [5, 5.41) is 10.8. The molecule has 0 spiro atoms. The Morgan fingerprint density at radius 1 is 0.900 bits per heavy atom. The first-order valence-electron chi connectivity index (χ1n) is 9.96. The molecule has 4 aromatic rings. The van der Waals surface area contributed by atoms with Gasteiger partial charge in [-0.05, 0) is 47.4 Å². The van der Waals surface area contributed by atoms with Crippen LogP contribution in [-0.2, 0) is 4.79 Å². The van der Waals surface area contributed by atoms with Crippen molar-refractivity contribution in [1.29, 1.82) is 0 Å². The predicted octanol–water partition coefficient (Wildman–Crippen LogP) is 6.23. The molecule has 0 aliphatic carbocycles. The number of ether oxygens (including phenoxy) is 1. The highest BCUT2D eigenvalue weighted by Gasteiger charge is 2.22. The highest BCUT2D eigenvalue weighted by molar-refractivity contribution is 5.94. The molecule has 0 saturated carbocycles. The van der Waals surface area contributed by atoms with Crippen molar-refractivity contribution in [3.63, 3.8) is 0 Å². The van der Waals surface area contributed by atoms with E-state index in [1.54, 1.807) is 36.5 Å². The van der Waals surface area contributed by atoms with Crippen LogP contribution in [0.5, 0.6) is 5.75 Å². The summed E-state index contributed by atoms with van der Waals surface area (Å²) in [4.78, 5) is 16.4. The van der Waals surface area contributed by atoms with Crippen molar-refractivity contribution in [1.82, 2.24) is 4.98 Å². The quantitative estimate of drug-likeness (QED) is 0.419. The molecule has 30 heavy (non-hydrogen) atoms. The van der Waals surface area contributed by atoms with Crippen LogP contribution in [0.15, 0.2) is 85.1 Å². The lowest BCUT2D eigenvalue weighted by Gasteiger charge is -2.17. The average molecular weight is 397 g/mol. The molecule has 4 heteroatoms. The molecule has 1 N–H and O–H groups in total. The molecular weight excluding hydrogens is 374 g/mol. The molecule has 1 atom stereocenters. The van der Waals surface area contributed by atoms with E-state index in [0.29, 0.717) is 17.2 Å². The number of rotatable bonds is 6. The first-order valence-corrected chi connectivity index (χ1v) is 9.96. The van der Waals surface area contributed by atoms with Crippen LogP contribution >= 0.6 is 0 Å². The van der Waals surface area contributed by atoms with E-state index >= 15 is 0 Å². The molecule has 3 aromatic carbocycles. The fraction of sp³-hybridized carbons (Fsp3) is 0.154. The fourth-order valence-electron chi connectivity index (χ4n) is 3.53. The summed E-state index contributed by atoms with van der Waals surface area (Å²) in [7, 11) is 0. The molecule has 1 unspecified atom stereocenters. The Balaban J connectivity index is 1.76. The third kappa shape index (κ3) is 4.03. The van der Waals surface area contributed by atoms with Gasteiger partial charge in [0.1, 0.15) is 5.75 Å². The van der Waals surface area contributed by atoms with Gasteiger partial charge in [-0.3, -0.25) is 4.98 Å². The number of carboxylic acids is 1. The predicted molar refractivity (Wildman–Crippen MR) is 119 cm³/mol. The zero-order chi connectivity index (χ0) is 21.1. The van der Waals surface area contributed by atoms with Gasteiger partial charge in [0, 0.05) is 22.7 Å². The average Bonchev–Trinajstić information content (AvgIpc) is 2.77. The third-order valence-electron chi connectivity index (χ3n) is 5.12. The van der Waals surface area contributed by atoms with Crippen molar-refractivity contribution in [3.8, 4) is 16.9 Å². The van der Waals surface area contributed by atoms with Gasteiger partial charge in [-0.1, -0.05) is 62.4 Å². The van der Waals surface area contributed by atoms with Crippen molar-refractivity contribution < 1.29 is 14.6 Å². The van der Waals surface area contributed by atoms with Crippen LogP contribution in [0.4, 0.5) is 0 Å². The molecule has 0 radical (unpaired) electrons. The van der Waals surface area contributed by atoms with E-state index in [1.807, 2.05) is 30.3 Å². The minimum absolute atomic E-state index is 0.377. The van der Waals surface area contributed by atoms with E-state index < -0.39 is 12.1 Å². The van der Waals surface area contributed by atoms with Gasteiger partial charge < -0.3 is 9.84 Å². The van der Waals surface area contributed by atoms with E-state index in [9.17, 15) is 9.90 Å². The number of fused-ring (bicyclic) bond motifs is 1. The third-order valence-corrected chi connectivity index (χ3v) is 5.12. The first-order chi connectivity index (χ1) is 14.5. The molecule has 4 rings (SSSR count). The summed E-state index contributed by atoms with van der Waals surface area (Å²) in [6.07, 6.45) is 0.718. The molecule has 0 saturated heterocycles. The van der Waals surface area contributed by atoms with Crippen LogP contribution in [-0.4, -0.2) is 16.1 Å². The summed E-state index contributed by atoms with van der Waals surface area (Å²) < 4.78 is 5.89. The molecule has 150 valence electrons. The van der Waals surface area contributed by atoms with Crippen LogP contribution in [0.25, 0.3) is 22.0 Å². The van der Waals surface area contributed by atoms with E-state index in [4.69, 9.17) is 4.74 Å². The van der Waals surface area contributed by atoms with Crippen molar-refractivity contribution in [2.75, 3.05) is 0 Å². The van der Waals surface area contributed by atoms with E-state index in [1.165, 1.54) is 5.56 Å². The Bertz CT molecular complexity index is 1190. The number of hydrogen-bond acceptors (Lipinski definition) is 3. The van der Waals surface area contributed by atoms with Gasteiger partial charge in [-0.2, -0.15) is 0 Å². The van der Waals surface area contributed by atoms with E-state index in [-0.39, 0.29) is 0 Å². The number of aliphatic carboxylic acids is 1. The smallest absolute Gasteiger partial charge is 0.349 e. The number of benzene rings is 3. The van der Waals surface area contributed by atoms with Gasteiger partial charge in [-0.25, -0.2) is 4.79 Å². The molecule has 1 heterocycles. The van der Waals surface area contributed by atoms with Gasteiger partial charge in [0.2, 0.25) is 6.10 Å². The Morgan fingerprint density at radius 3 is 2.43 bits per heavy atom. The molecule has 0 aliphatic rings. The van der Waals surface area contributed by atoms with E-state index in [0.717, 1.165) is 22.0 Å². The van der Waals surface area contributed by atoms with Crippen molar-refractivity contribution in [2.45, 2.75) is 25.9 Å². The maximum atomic E-state index is 11.8. The Hall–Kier alpha value is -3.66. The summed E-state index contributed by atoms with van der Waals surface area (Å²) in [5.74, 6) is -0.148. The van der Waals surface area contributed by atoms with Crippen LogP contribution in [0, 0.1) is 0 Å². The van der Waals surface area contributed by atoms with Crippen LogP contribution < -0.4 is 4.74 Å². The minimum atomic E-state index is -1.07. The normalized spacial score (nSPS) is 12.1. The summed E-state index contributed by atoms with van der Waals surface area (Å²) in [6.45, 7) is 4.33. The van der Waals surface area contributed by atoms with Gasteiger partial charge in [0.15, 0.2) is 0 Å². The number of carboxylic acid groups (broad SMARTS) is 1. The molecule has 0 amide bonds. The summed E-state index contributed by atoms with van der Waals surface area (Å²) in [6, 6.07) is 24.8. The van der Waals surface area contributed by atoms with Crippen LogP contribution in [0.3, 0.4) is 0 Å². The van der Waals surface area contributed by atoms with Crippen LogP contribution in [0.1, 0.15) is 37.0 Å². The minimum Gasteiger partial charge on any atom is -0.478 e. The molecule has 1 aromatic heterocycles. The topological polar surface area (TPSA) is 59.4 Å². The second-order valence-electron chi connectivity index (χ2n) is 7.57. The van der Waals surface area contributed by atoms with Crippen LogP contribution in [0.2, 0.25) is 0 Å². The maximum absolute atomic E-state index is 11.8. The second kappa shape index (κ2) is 8.37. The number of carbonyl (C=O) groups is 1. The fourth-order valence-corrected chi connectivity index (χ4v) is 3.53. The van der Waals surface area contributed by atoms with E-state index in [2.05, 4.69) is 37.0 Å². The monoisotopic (exact) mass is 397 g/mol. The summed E-state index contributed by atoms with van der Waals surface area (Å²) >= 11 is 0. The highest BCUT2D eigenvalue weighted by atomic mass is 16.5. The second-order valence-corrected chi connectivity index (χ2v) is 7.57. The lowest BCUT2D eigenvalue weighted by atomic mass is 9.94. The Labute approximate surface area is 175 Å². The lowest BCUT2D eigenvalue weighted by molar-refractivity contribution is -0.145. The van der Waals surface area contributed by atoms with Gasteiger partial charge in [-0.15, -0.1) is 0 Å². The molecule has 0 fully saturated rings. The Kier molecular flexibility index (Phi) is 5.48. The van der Waals surface area contributed by atoms with Gasteiger partial charge in [0.05, 0.1) is 5.52 Å². The SMILES string of the molecule is CC(C)c1cc(-c2cccc(OC(C(=O)O)c3ccccc3)c2)c2ncccc2c1. The zero-order valence-corrected chi connectivity index (χ0v) is 16.9. The molecule has 0 bridgehead atoms. The molecule has 0 aliphatic heterocycles. The maximum Gasteiger partial charge on any atom is 0.349 e. The lowest BCUT2D eigenvalue weighted by Crippen LogP contribution is -2.18. The Morgan fingerprint density at radius 2 is 1.70 bits per heavy atom. The standard InChI is InChI=1S/C26H23NO3/c1-17(2)21-14-20-11-7-13-27-24(20)23(16-21)19-10-6-12-22(15-19)30-25(26(28)29)18-8-4-3-5-9-18/h3-17,25H,1-2H3,(H,28,29). The van der Waals surface area contributed by atoms with Gasteiger partial charge in [0.25, 0.3) is 0 Å². The van der Waals surface area contributed by atoms with Gasteiger partial charge >= 0.3 is 5.97 Å².